The van der Waals surface area contributed by atoms with Gasteiger partial charge >= 0.3 is 0 Å². The molecule has 1 aromatic carbocycles. The van der Waals surface area contributed by atoms with E-state index in [1.54, 1.807) is 0 Å². The van der Waals surface area contributed by atoms with Crippen LogP contribution in [0.4, 0.5) is 5.69 Å². The van der Waals surface area contributed by atoms with E-state index in [4.69, 9.17) is 5.73 Å². The third kappa shape index (κ3) is 5.68. The van der Waals surface area contributed by atoms with Crippen molar-refractivity contribution in [3.05, 3.63) is 29.8 Å². The summed E-state index contributed by atoms with van der Waals surface area (Å²) in [7, 11) is 0. The van der Waals surface area contributed by atoms with E-state index in [2.05, 4.69) is 16.3 Å². The number of benzene rings is 1. The molecule has 1 aromatic rings. The summed E-state index contributed by atoms with van der Waals surface area (Å²) in [6.07, 6.45) is 13.8. The first kappa shape index (κ1) is 22.3. The third-order valence-electron chi connectivity index (χ3n) is 7.76. The molecule has 5 nitrogen and oxygen atoms in total. The number of para-hydroxylation sites is 1. The van der Waals surface area contributed by atoms with E-state index in [0.29, 0.717) is 12.5 Å². The number of nitrogens with one attached hydrogen (secondary N) is 1. The molecule has 3 aliphatic carbocycles. The van der Waals surface area contributed by atoms with Gasteiger partial charge in [0.15, 0.2) is 0 Å². The van der Waals surface area contributed by atoms with E-state index >= 15 is 0 Å². The van der Waals surface area contributed by atoms with Crippen LogP contribution in [-0.2, 0) is 16.1 Å². The smallest absolute Gasteiger partial charge is 0.227 e. The molecule has 3 saturated carbocycles. The average Bonchev–Trinajstić information content (AvgIpc) is 3.35. The van der Waals surface area contributed by atoms with Gasteiger partial charge in [0.05, 0.1) is 0 Å². The highest BCUT2D eigenvalue weighted by Crippen LogP contribution is 2.32. The average molecular weight is 426 g/mol. The minimum absolute atomic E-state index is 0.132. The van der Waals surface area contributed by atoms with E-state index in [1.165, 1.54) is 6.42 Å². The predicted molar refractivity (Wildman–Crippen MR) is 124 cm³/mol. The molecule has 31 heavy (non-hydrogen) atoms. The predicted octanol–water partition coefficient (Wildman–Crippen LogP) is 4.99. The lowest BCUT2D eigenvalue weighted by Crippen LogP contribution is -2.46. The summed E-state index contributed by atoms with van der Waals surface area (Å²) >= 11 is 0. The topological polar surface area (TPSA) is 75.4 Å². The Labute approximate surface area is 187 Å². The van der Waals surface area contributed by atoms with Crippen LogP contribution in [0.25, 0.3) is 0 Å². The van der Waals surface area contributed by atoms with Crippen molar-refractivity contribution in [3.8, 4) is 0 Å². The van der Waals surface area contributed by atoms with E-state index in [0.717, 1.165) is 88.3 Å². The number of rotatable bonds is 6. The van der Waals surface area contributed by atoms with Gasteiger partial charge in [-0.3, -0.25) is 9.59 Å². The van der Waals surface area contributed by atoms with Gasteiger partial charge in [0.25, 0.3) is 0 Å². The third-order valence-corrected chi connectivity index (χ3v) is 7.76. The second kappa shape index (κ2) is 10.6. The number of nitrogens with zero attached hydrogens (tertiary/aromatic N) is 1. The van der Waals surface area contributed by atoms with Crippen LogP contribution in [0.5, 0.6) is 0 Å². The molecular formula is C26H39N3O2. The largest absolute Gasteiger partial charge is 0.335 e. The summed E-state index contributed by atoms with van der Waals surface area (Å²) in [6, 6.07) is 8.57. The van der Waals surface area contributed by atoms with E-state index < -0.39 is 0 Å². The molecule has 0 bridgehead atoms. The molecule has 0 atom stereocenters. The Bertz CT molecular complexity index is 745. The van der Waals surface area contributed by atoms with Crippen molar-refractivity contribution in [1.29, 1.82) is 0 Å². The van der Waals surface area contributed by atoms with Crippen LogP contribution in [0.2, 0.25) is 0 Å². The Morgan fingerprint density at radius 2 is 1.45 bits per heavy atom. The lowest BCUT2D eigenvalue weighted by molar-refractivity contribution is -0.140. The molecule has 0 aliphatic heterocycles. The van der Waals surface area contributed by atoms with Crippen molar-refractivity contribution in [1.82, 2.24) is 4.90 Å². The first-order valence-electron chi connectivity index (χ1n) is 12.6. The summed E-state index contributed by atoms with van der Waals surface area (Å²) in [6.45, 7) is 0.580. The Morgan fingerprint density at radius 3 is 2.16 bits per heavy atom. The van der Waals surface area contributed by atoms with Crippen molar-refractivity contribution in [3.63, 3.8) is 0 Å². The maximum Gasteiger partial charge on any atom is 0.227 e. The lowest BCUT2D eigenvalue weighted by Gasteiger charge is -2.39. The van der Waals surface area contributed by atoms with Gasteiger partial charge in [-0.05, 0) is 63.0 Å². The molecule has 3 aliphatic rings. The number of hydrogen-bond donors (Lipinski definition) is 2. The van der Waals surface area contributed by atoms with Gasteiger partial charge in [0.1, 0.15) is 0 Å². The summed E-state index contributed by atoms with van der Waals surface area (Å²) in [5, 5.41) is 3.19. The molecule has 5 heteroatoms. The zero-order chi connectivity index (χ0) is 21.6. The second-order valence-corrected chi connectivity index (χ2v) is 10.00. The molecule has 2 amide bonds. The van der Waals surface area contributed by atoms with Gasteiger partial charge < -0.3 is 16.0 Å². The van der Waals surface area contributed by atoms with Crippen LogP contribution in [0, 0.1) is 11.8 Å². The molecule has 3 fully saturated rings. The zero-order valence-electron chi connectivity index (χ0n) is 18.9. The highest BCUT2D eigenvalue weighted by molar-refractivity contribution is 5.93. The van der Waals surface area contributed by atoms with Crippen LogP contribution >= 0.6 is 0 Å². The molecule has 0 heterocycles. The van der Waals surface area contributed by atoms with Crippen LogP contribution in [0.1, 0.15) is 89.0 Å². The van der Waals surface area contributed by atoms with Crippen LogP contribution < -0.4 is 11.1 Å². The molecule has 170 valence electrons. The highest BCUT2D eigenvalue weighted by Gasteiger charge is 2.33. The van der Waals surface area contributed by atoms with Crippen molar-refractivity contribution in [2.24, 2.45) is 17.6 Å². The Kier molecular flexibility index (Phi) is 7.65. The van der Waals surface area contributed by atoms with Crippen molar-refractivity contribution >= 4 is 17.5 Å². The van der Waals surface area contributed by atoms with Gasteiger partial charge in [0.2, 0.25) is 11.8 Å². The van der Waals surface area contributed by atoms with Crippen molar-refractivity contribution < 1.29 is 9.59 Å². The maximum absolute atomic E-state index is 13.6. The molecule has 4 rings (SSSR count). The Morgan fingerprint density at radius 1 is 0.839 bits per heavy atom. The quantitative estimate of drug-likeness (QED) is 0.674. The van der Waals surface area contributed by atoms with Crippen molar-refractivity contribution in [2.75, 3.05) is 5.32 Å². The van der Waals surface area contributed by atoms with E-state index in [1.807, 2.05) is 18.2 Å². The molecule has 0 unspecified atom stereocenters. The van der Waals surface area contributed by atoms with E-state index in [-0.39, 0.29) is 29.8 Å². The summed E-state index contributed by atoms with van der Waals surface area (Å²) in [5.74, 6) is 0.744. The van der Waals surface area contributed by atoms with Gasteiger partial charge in [-0.25, -0.2) is 0 Å². The summed E-state index contributed by atoms with van der Waals surface area (Å²) in [4.78, 5) is 28.5. The number of anilines is 1. The number of carbonyl (C=O) groups is 2. The number of nitrogens with two attached hydrogens (primary N) is 1. The Balaban J connectivity index is 1.52. The van der Waals surface area contributed by atoms with Gasteiger partial charge in [-0.15, -0.1) is 0 Å². The van der Waals surface area contributed by atoms with Crippen LogP contribution in [0.15, 0.2) is 24.3 Å². The molecule has 0 spiro atoms. The minimum atomic E-state index is 0.132. The Hall–Kier alpha value is -1.88. The fourth-order valence-corrected chi connectivity index (χ4v) is 5.77. The van der Waals surface area contributed by atoms with Gasteiger partial charge in [-0.1, -0.05) is 50.3 Å². The van der Waals surface area contributed by atoms with Crippen molar-refractivity contribution in [2.45, 2.75) is 102 Å². The fraction of sp³-hybridized carbons (Fsp3) is 0.692. The lowest BCUT2D eigenvalue weighted by atomic mass is 9.85. The SMILES string of the molecule is NC1CCC(N(Cc2ccccc2NC(=O)C2CCCC2)C(=O)C2CCCCC2)CC1. The molecule has 3 N–H and O–H groups in total. The first-order chi connectivity index (χ1) is 15.1. The molecule has 0 aromatic heterocycles. The maximum atomic E-state index is 13.6. The van der Waals surface area contributed by atoms with Crippen LogP contribution in [0.3, 0.4) is 0 Å². The standard InChI is InChI=1S/C26H39N3O2/c27-22-14-16-23(17-15-22)29(26(31)20-10-2-1-3-11-20)18-21-12-6-7-13-24(21)28-25(30)19-8-4-5-9-19/h6-7,12-13,19-20,22-23H,1-5,8-11,14-18,27H2,(H,28,30). The normalized spacial score (nSPS) is 25.3. The number of carbonyl (C=O) groups excluding carboxylic acids is 2. The van der Waals surface area contributed by atoms with E-state index in [9.17, 15) is 9.59 Å². The summed E-state index contributed by atoms with van der Waals surface area (Å²) < 4.78 is 0. The zero-order valence-corrected chi connectivity index (χ0v) is 18.9. The fourth-order valence-electron chi connectivity index (χ4n) is 5.77. The minimum Gasteiger partial charge on any atom is -0.335 e. The van der Waals surface area contributed by atoms with Gasteiger partial charge in [-0.2, -0.15) is 0 Å². The molecule has 0 radical (unpaired) electrons. The molecular weight excluding hydrogens is 386 g/mol. The molecule has 0 saturated heterocycles. The highest BCUT2D eigenvalue weighted by atomic mass is 16.2. The number of amides is 2. The van der Waals surface area contributed by atoms with Gasteiger partial charge in [0, 0.05) is 36.2 Å². The number of hydrogen-bond acceptors (Lipinski definition) is 3. The monoisotopic (exact) mass is 425 g/mol. The second-order valence-electron chi connectivity index (χ2n) is 10.00. The first-order valence-corrected chi connectivity index (χ1v) is 12.6. The summed E-state index contributed by atoms with van der Waals surface area (Å²) in [5.41, 5.74) is 8.07. The van der Waals surface area contributed by atoms with Crippen LogP contribution in [-0.4, -0.2) is 28.8 Å².